The van der Waals surface area contributed by atoms with Crippen LogP contribution in [0.1, 0.15) is 104 Å². The van der Waals surface area contributed by atoms with Gasteiger partial charge in [-0.2, -0.15) is 15.8 Å². The smallest absolute Gasteiger partial charge is 0.227 e. The molecule has 1 rings (SSSR count). The minimum absolute atomic E-state index is 0.0112. The van der Waals surface area contributed by atoms with Crippen molar-refractivity contribution in [3.05, 3.63) is 29.3 Å². The van der Waals surface area contributed by atoms with Crippen LogP contribution in [0.3, 0.4) is 0 Å². The second-order valence-corrected chi connectivity index (χ2v) is 9.77. The molecule has 200 valence electrons. The lowest BCUT2D eigenvalue weighted by Gasteiger charge is -2.30. The number of amides is 1. The van der Waals surface area contributed by atoms with Crippen molar-refractivity contribution >= 4 is 22.9 Å². The zero-order valence-electron chi connectivity index (χ0n) is 23.6. The molecule has 0 bridgehead atoms. The first-order valence-corrected chi connectivity index (χ1v) is 14.1. The minimum Gasteiger partial charge on any atom is -0.371 e. The van der Waals surface area contributed by atoms with Crippen molar-refractivity contribution in [2.45, 2.75) is 98.8 Å². The van der Waals surface area contributed by atoms with E-state index in [9.17, 15) is 20.6 Å². The van der Waals surface area contributed by atoms with E-state index in [0.717, 1.165) is 63.7 Å². The highest BCUT2D eigenvalue weighted by atomic mass is 16.1. The number of nitriles is 3. The van der Waals surface area contributed by atoms with Crippen LogP contribution < -0.4 is 10.2 Å². The highest BCUT2D eigenvalue weighted by Gasteiger charge is 2.22. The lowest BCUT2D eigenvalue weighted by Crippen LogP contribution is -2.31. The van der Waals surface area contributed by atoms with E-state index in [1.54, 1.807) is 6.07 Å². The summed E-state index contributed by atoms with van der Waals surface area (Å²) < 4.78 is 0. The topological polar surface area (TPSA) is 104 Å². The molecule has 6 heteroatoms. The first kappa shape index (κ1) is 31.7. The minimum atomic E-state index is -0.253. The molecule has 0 aliphatic carbocycles. The molecule has 2 unspecified atom stereocenters. The number of hydrogen-bond acceptors (Lipinski definition) is 5. The number of nitrogens with zero attached hydrogens (tertiary/aromatic N) is 4. The van der Waals surface area contributed by atoms with Crippen molar-refractivity contribution in [1.29, 1.82) is 15.8 Å². The molecule has 0 aliphatic rings. The van der Waals surface area contributed by atoms with Crippen LogP contribution >= 0.6 is 0 Å². The number of hydrogen-bond donors (Lipinski definition) is 1. The standard InChI is InChI=1S/C31H45N5O/c1-6-11-14-24(9-4)23-36(18-13-8-3)27-16-17-28(29(22-34)26(20-32)21-33)30(19-27)35-31(37)25(10-5)15-12-7-2/h16-17,19,24-25H,6-15,18,23H2,1-5H3,(H,35,37). The molecule has 1 N–H and O–H groups in total. The summed E-state index contributed by atoms with van der Waals surface area (Å²) in [5, 5.41) is 31.8. The lowest BCUT2D eigenvalue weighted by atomic mass is 9.96. The van der Waals surface area contributed by atoms with Crippen LogP contribution in [0.4, 0.5) is 11.4 Å². The Morgan fingerprint density at radius 1 is 0.892 bits per heavy atom. The Balaban J connectivity index is 3.58. The van der Waals surface area contributed by atoms with Gasteiger partial charge in [-0.15, -0.1) is 0 Å². The maximum Gasteiger partial charge on any atom is 0.227 e. The number of carbonyl (C=O) groups excluding carboxylic acids is 1. The largest absolute Gasteiger partial charge is 0.371 e. The van der Waals surface area contributed by atoms with Gasteiger partial charge in [0.2, 0.25) is 5.91 Å². The summed E-state index contributed by atoms with van der Waals surface area (Å²) in [7, 11) is 0. The lowest BCUT2D eigenvalue weighted by molar-refractivity contribution is -0.120. The van der Waals surface area contributed by atoms with Gasteiger partial charge in [-0.1, -0.05) is 73.1 Å². The van der Waals surface area contributed by atoms with Crippen molar-refractivity contribution in [1.82, 2.24) is 0 Å². The highest BCUT2D eigenvalue weighted by Crippen LogP contribution is 2.32. The van der Waals surface area contributed by atoms with Gasteiger partial charge in [-0.3, -0.25) is 4.79 Å². The molecular weight excluding hydrogens is 458 g/mol. The predicted molar refractivity (Wildman–Crippen MR) is 153 cm³/mol. The fourth-order valence-electron chi connectivity index (χ4n) is 4.55. The number of allylic oxidation sites excluding steroid dienone is 2. The number of benzene rings is 1. The summed E-state index contributed by atoms with van der Waals surface area (Å²) in [4.78, 5) is 15.6. The predicted octanol–water partition coefficient (Wildman–Crippen LogP) is 7.99. The van der Waals surface area contributed by atoms with Crippen molar-refractivity contribution < 1.29 is 4.79 Å². The highest BCUT2D eigenvalue weighted by molar-refractivity contribution is 5.99. The fourth-order valence-corrected chi connectivity index (χ4v) is 4.55. The molecule has 1 aromatic carbocycles. The van der Waals surface area contributed by atoms with Gasteiger partial charge in [0, 0.05) is 30.3 Å². The van der Waals surface area contributed by atoms with Crippen LogP contribution in [0, 0.1) is 45.8 Å². The Morgan fingerprint density at radius 3 is 2.08 bits per heavy atom. The maximum absolute atomic E-state index is 13.3. The van der Waals surface area contributed by atoms with Crippen LogP contribution in [0.5, 0.6) is 0 Å². The summed E-state index contributed by atoms with van der Waals surface area (Å²) in [5.74, 6) is 0.357. The monoisotopic (exact) mass is 503 g/mol. The van der Waals surface area contributed by atoms with Crippen molar-refractivity contribution in [3.8, 4) is 18.2 Å². The van der Waals surface area contributed by atoms with Crippen molar-refractivity contribution in [2.24, 2.45) is 11.8 Å². The average Bonchev–Trinajstić information content (AvgIpc) is 2.92. The van der Waals surface area contributed by atoms with E-state index < -0.39 is 0 Å². The molecule has 0 saturated heterocycles. The van der Waals surface area contributed by atoms with E-state index in [1.165, 1.54) is 19.3 Å². The Labute approximate surface area is 225 Å². The Morgan fingerprint density at radius 2 is 1.54 bits per heavy atom. The molecule has 0 radical (unpaired) electrons. The Bertz CT molecular complexity index is 992. The molecule has 0 heterocycles. The van der Waals surface area contributed by atoms with Crippen LogP contribution in [0.25, 0.3) is 5.57 Å². The molecule has 0 aromatic heterocycles. The van der Waals surface area contributed by atoms with Gasteiger partial charge in [0.15, 0.2) is 0 Å². The zero-order valence-corrected chi connectivity index (χ0v) is 23.6. The molecular formula is C31H45N5O. The second kappa shape index (κ2) is 18.0. The van der Waals surface area contributed by atoms with E-state index in [4.69, 9.17) is 0 Å². The van der Waals surface area contributed by atoms with E-state index in [1.807, 2.05) is 37.3 Å². The molecule has 1 aromatic rings. The van der Waals surface area contributed by atoms with Gasteiger partial charge in [-0.25, -0.2) is 0 Å². The van der Waals surface area contributed by atoms with E-state index in [-0.39, 0.29) is 23.0 Å². The molecule has 6 nitrogen and oxygen atoms in total. The van der Waals surface area contributed by atoms with E-state index >= 15 is 0 Å². The van der Waals surface area contributed by atoms with Gasteiger partial charge < -0.3 is 10.2 Å². The Kier molecular flexibility index (Phi) is 15.5. The number of unbranched alkanes of at least 4 members (excludes halogenated alkanes) is 3. The molecule has 0 aliphatic heterocycles. The normalized spacial score (nSPS) is 11.9. The number of carbonyl (C=O) groups is 1. The van der Waals surface area contributed by atoms with Gasteiger partial charge in [0.1, 0.15) is 23.8 Å². The summed E-state index contributed by atoms with van der Waals surface area (Å²) >= 11 is 0. The van der Waals surface area contributed by atoms with Gasteiger partial charge >= 0.3 is 0 Å². The SMILES string of the molecule is CCCCC(CC)CN(CCCC)c1ccc(C(C#N)=C(C#N)C#N)c(NC(=O)C(CC)CCCC)c1. The van der Waals surface area contributed by atoms with Crippen LogP contribution in [-0.4, -0.2) is 19.0 Å². The first-order chi connectivity index (χ1) is 17.9. The van der Waals surface area contributed by atoms with Crippen LogP contribution in [0.2, 0.25) is 0 Å². The summed E-state index contributed by atoms with van der Waals surface area (Å²) in [5.41, 5.74) is 1.62. The molecule has 0 spiro atoms. The van der Waals surface area contributed by atoms with Gasteiger partial charge in [0.25, 0.3) is 0 Å². The summed E-state index contributed by atoms with van der Waals surface area (Å²) in [6.07, 6.45) is 10.3. The molecule has 0 fully saturated rings. The van der Waals surface area contributed by atoms with E-state index in [0.29, 0.717) is 17.2 Å². The van der Waals surface area contributed by atoms with E-state index in [2.05, 4.69) is 37.9 Å². The third kappa shape index (κ3) is 9.93. The van der Waals surface area contributed by atoms with Crippen molar-refractivity contribution in [2.75, 3.05) is 23.3 Å². The molecule has 0 saturated carbocycles. The third-order valence-corrected chi connectivity index (χ3v) is 7.05. The summed E-state index contributed by atoms with van der Waals surface area (Å²) in [6, 6.07) is 11.3. The number of rotatable bonds is 17. The molecule has 2 atom stereocenters. The zero-order chi connectivity index (χ0) is 27.6. The average molecular weight is 504 g/mol. The first-order valence-electron chi connectivity index (χ1n) is 14.1. The van der Waals surface area contributed by atoms with Crippen molar-refractivity contribution in [3.63, 3.8) is 0 Å². The van der Waals surface area contributed by atoms with Gasteiger partial charge in [-0.05, 0) is 49.8 Å². The van der Waals surface area contributed by atoms with Crippen LogP contribution in [-0.2, 0) is 4.79 Å². The van der Waals surface area contributed by atoms with Gasteiger partial charge in [0.05, 0.1) is 11.3 Å². The number of anilines is 2. The Hall–Kier alpha value is -3.30. The summed E-state index contributed by atoms with van der Waals surface area (Å²) in [6.45, 7) is 12.6. The quantitative estimate of drug-likeness (QED) is 0.217. The third-order valence-electron chi connectivity index (χ3n) is 7.05. The van der Waals surface area contributed by atoms with Crippen LogP contribution in [0.15, 0.2) is 23.8 Å². The second-order valence-electron chi connectivity index (χ2n) is 9.77. The fraction of sp³-hybridized carbons (Fsp3) is 0.613. The maximum atomic E-state index is 13.3. The number of nitrogens with one attached hydrogen (secondary N) is 1. The molecule has 1 amide bonds. The molecule has 37 heavy (non-hydrogen) atoms.